The molecular weight excluding hydrogens is 536 g/mol. The molecule has 1 unspecified atom stereocenters. The van der Waals surface area contributed by atoms with Crippen LogP contribution in [-0.2, 0) is 27.2 Å². The van der Waals surface area contributed by atoms with Gasteiger partial charge in [0.15, 0.2) is 0 Å². The van der Waals surface area contributed by atoms with Crippen LogP contribution in [0.4, 0.5) is 0 Å². The van der Waals surface area contributed by atoms with Gasteiger partial charge in [0.25, 0.3) is 0 Å². The Bertz CT molecular complexity index is 1300. The molecule has 12 nitrogen and oxygen atoms in total. The van der Waals surface area contributed by atoms with Crippen LogP contribution in [0.1, 0.15) is 48.9 Å². The van der Waals surface area contributed by atoms with E-state index in [1.54, 1.807) is 50.4 Å². The van der Waals surface area contributed by atoms with Gasteiger partial charge in [0, 0.05) is 43.2 Å². The van der Waals surface area contributed by atoms with Crippen molar-refractivity contribution in [2.75, 3.05) is 26.7 Å². The van der Waals surface area contributed by atoms with Gasteiger partial charge in [-0.2, -0.15) is 0 Å². The fourth-order valence-electron chi connectivity index (χ4n) is 4.78. The predicted octanol–water partition coefficient (Wildman–Crippen LogP) is 0.639. The van der Waals surface area contributed by atoms with Crippen LogP contribution in [0.2, 0.25) is 0 Å². The van der Waals surface area contributed by atoms with Crippen molar-refractivity contribution in [1.82, 2.24) is 20.9 Å². The summed E-state index contributed by atoms with van der Waals surface area (Å²) in [6, 6.07) is 10.0. The molecule has 0 saturated carbocycles. The quantitative estimate of drug-likeness (QED) is 0.199. The van der Waals surface area contributed by atoms with Gasteiger partial charge in [-0.3, -0.25) is 25.2 Å². The van der Waals surface area contributed by atoms with Crippen LogP contribution in [0.15, 0.2) is 42.5 Å². The molecule has 2 aromatic carbocycles. The molecule has 0 aliphatic carbocycles. The van der Waals surface area contributed by atoms with E-state index in [0.717, 1.165) is 11.1 Å². The molecule has 2 aromatic rings. The lowest BCUT2D eigenvalue weighted by Gasteiger charge is -2.30. The van der Waals surface area contributed by atoms with Crippen molar-refractivity contribution in [3.05, 3.63) is 64.7 Å². The minimum Gasteiger partial charge on any atom is -0.492 e. The Hall–Kier alpha value is -4.45. The van der Waals surface area contributed by atoms with Gasteiger partial charge < -0.3 is 37.1 Å². The van der Waals surface area contributed by atoms with Crippen LogP contribution in [0, 0.1) is 10.8 Å². The molecule has 1 heterocycles. The summed E-state index contributed by atoms with van der Waals surface area (Å²) in [5, 5.41) is 24.6. The third-order valence-electron chi connectivity index (χ3n) is 7.43. The Morgan fingerprint density at radius 1 is 1.00 bits per heavy atom. The number of benzene rings is 2. The van der Waals surface area contributed by atoms with Crippen LogP contribution >= 0.6 is 0 Å². The summed E-state index contributed by atoms with van der Waals surface area (Å²) in [5.41, 5.74) is 14.1. The van der Waals surface area contributed by atoms with E-state index < -0.39 is 24.0 Å². The first-order valence-electron chi connectivity index (χ1n) is 14.1. The van der Waals surface area contributed by atoms with Crippen LogP contribution in [0.5, 0.6) is 5.75 Å². The number of hydrogen-bond acceptors (Lipinski definition) is 7. The standard InChI is InChI=1S/C30H42N8O4/c1-4-23-30(41)38(3)18(2)28(39)37-24(17-19-10-12-20(13-11-19)26(31)32)29(40)36-14-6-8-21-22(27(33)34)7-5-9-25(21)42-16-15-35-23/h5,7,9-13,18,23-24,35H,4,6,8,14-17H2,1-3H3,(H3,31,32)(H3,33,34)(H,36,40)(H,37,39)/t18-,23?,24-/m1/s1. The van der Waals surface area contributed by atoms with Crippen molar-refractivity contribution < 1.29 is 19.1 Å². The highest BCUT2D eigenvalue weighted by atomic mass is 16.5. The summed E-state index contributed by atoms with van der Waals surface area (Å²) in [6.45, 7) is 4.50. The first kappa shape index (κ1) is 32.1. The minimum absolute atomic E-state index is 0.0647. The Balaban J connectivity index is 1.89. The molecule has 9 N–H and O–H groups in total. The SMILES string of the molecule is CCC1NCCOc2cccc(C(=N)N)c2CCCNC(=O)[C@@H](Cc2ccc(C(=N)N)cc2)NC(=O)[C@@H](C)N(C)C1=O. The maximum absolute atomic E-state index is 13.4. The van der Waals surface area contributed by atoms with Crippen LogP contribution in [0.3, 0.4) is 0 Å². The second-order valence-corrected chi connectivity index (χ2v) is 10.4. The fraction of sp³-hybridized carbons (Fsp3) is 0.433. The fourth-order valence-corrected chi connectivity index (χ4v) is 4.78. The molecule has 0 saturated heterocycles. The van der Waals surface area contributed by atoms with Crippen molar-refractivity contribution in [3.63, 3.8) is 0 Å². The normalized spacial score (nSPS) is 21.2. The van der Waals surface area contributed by atoms with Crippen molar-refractivity contribution >= 4 is 29.4 Å². The van der Waals surface area contributed by atoms with E-state index >= 15 is 0 Å². The molecule has 1 aliphatic rings. The van der Waals surface area contributed by atoms with Gasteiger partial charge in [-0.15, -0.1) is 0 Å². The van der Waals surface area contributed by atoms with Crippen LogP contribution < -0.4 is 32.2 Å². The van der Waals surface area contributed by atoms with E-state index in [1.807, 2.05) is 13.0 Å². The third kappa shape index (κ3) is 8.29. The molecule has 0 aromatic heterocycles. The van der Waals surface area contributed by atoms with E-state index in [4.69, 9.17) is 27.0 Å². The number of ether oxygens (including phenoxy) is 1. The molecular formula is C30H42N8O4. The zero-order chi connectivity index (χ0) is 30.8. The largest absolute Gasteiger partial charge is 0.492 e. The molecule has 0 fully saturated rings. The van der Waals surface area contributed by atoms with Gasteiger partial charge in [-0.25, -0.2) is 0 Å². The topological polar surface area (TPSA) is 200 Å². The number of nitrogen functional groups attached to an aromatic ring is 2. The summed E-state index contributed by atoms with van der Waals surface area (Å²) in [6.07, 6.45) is 1.75. The molecule has 0 radical (unpaired) electrons. The van der Waals surface area contributed by atoms with Crippen molar-refractivity contribution in [2.24, 2.45) is 11.5 Å². The average Bonchev–Trinajstić information content (AvgIpc) is 2.97. The molecule has 3 atom stereocenters. The number of nitrogens with two attached hydrogens (primary N) is 2. The smallest absolute Gasteiger partial charge is 0.243 e. The second-order valence-electron chi connectivity index (χ2n) is 10.4. The number of rotatable bonds is 5. The molecule has 1 aliphatic heterocycles. The number of carbonyl (C=O) groups excluding carboxylic acids is 3. The summed E-state index contributed by atoms with van der Waals surface area (Å²) >= 11 is 0. The highest BCUT2D eigenvalue weighted by molar-refractivity contribution is 5.97. The molecule has 42 heavy (non-hydrogen) atoms. The van der Waals surface area contributed by atoms with Gasteiger partial charge in [-0.1, -0.05) is 43.3 Å². The highest BCUT2D eigenvalue weighted by Gasteiger charge is 2.30. The number of amides is 3. The van der Waals surface area contributed by atoms with Crippen LogP contribution in [0.25, 0.3) is 0 Å². The zero-order valence-electron chi connectivity index (χ0n) is 24.5. The number of carbonyl (C=O) groups is 3. The van der Waals surface area contributed by atoms with E-state index in [9.17, 15) is 14.4 Å². The van der Waals surface area contributed by atoms with Gasteiger partial charge in [0.1, 0.15) is 36.1 Å². The van der Waals surface area contributed by atoms with Gasteiger partial charge in [-0.05, 0) is 37.8 Å². The Labute approximate surface area is 246 Å². The third-order valence-corrected chi connectivity index (χ3v) is 7.43. The van der Waals surface area contributed by atoms with E-state index in [1.165, 1.54) is 4.90 Å². The van der Waals surface area contributed by atoms with Gasteiger partial charge >= 0.3 is 0 Å². The summed E-state index contributed by atoms with van der Waals surface area (Å²) < 4.78 is 6.03. The summed E-state index contributed by atoms with van der Waals surface area (Å²) in [7, 11) is 1.57. The van der Waals surface area contributed by atoms with Crippen LogP contribution in [-0.4, -0.2) is 79.2 Å². The number of fused-ring (bicyclic) bond motifs is 1. The predicted molar refractivity (Wildman–Crippen MR) is 162 cm³/mol. The monoisotopic (exact) mass is 578 g/mol. The first-order valence-corrected chi connectivity index (χ1v) is 14.1. The number of nitrogens with one attached hydrogen (secondary N) is 5. The van der Waals surface area contributed by atoms with Gasteiger partial charge in [0.2, 0.25) is 17.7 Å². The Morgan fingerprint density at radius 3 is 2.36 bits per heavy atom. The number of amidine groups is 2. The lowest BCUT2D eigenvalue weighted by Crippen LogP contribution is -2.56. The maximum Gasteiger partial charge on any atom is 0.243 e. The molecule has 12 heteroatoms. The lowest BCUT2D eigenvalue weighted by molar-refractivity contribution is -0.140. The summed E-state index contributed by atoms with van der Waals surface area (Å²) in [4.78, 5) is 41.3. The summed E-state index contributed by atoms with van der Waals surface area (Å²) in [5.74, 6) is -0.615. The van der Waals surface area contributed by atoms with Crippen molar-refractivity contribution in [2.45, 2.75) is 57.7 Å². The molecule has 226 valence electrons. The number of hydrogen-bond donors (Lipinski definition) is 7. The minimum atomic E-state index is -0.908. The number of nitrogens with zero attached hydrogens (tertiary/aromatic N) is 1. The lowest BCUT2D eigenvalue weighted by atomic mass is 10.0. The highest BCUT2D eigenvalue weighted by Crippen LogP contribution is 2.24. The molecule has 0 bridgehead atoms. The Kier molecular flexibility index (Phi) is 11.4. The molecule has 3 rings (SSSR count). The van der Waals surface area contributed by atoms with E-state index in [-0.39, 0.29) is 36.5 Å². The first-order chi connectivity index (χ1) is 20.0. The average molecular weight is 579 g/mol. The number of likely N-dealkylation sites (N-methyl/N-ethyl adjacent to an activating group) is 1. The second kappa shape index (κ2) is 15.0. The van der Waals surface area contributed by atoms with E-state index in [2.05, 4.69) is 16.0 Å². The van der Waals surface area contributed by atoms with E-state index in [0.29, 0.717) is 49.2 Å². The zero-order valence-corrected chi connectivity index (χ0v) is 24.5. The van der Waals surface area contributed by atoms with Gasteiger partial charge in [0.05, 0.1) is 6.04 Å². The van der Waals surface area contributed by atoms with Crippen molar-refractivity contribution in [1.29, 1.82) is 10.8 Å². The Morgan fingerprint density at radius 2 is 1.71 bits per heavy atom. The molecule has 3 amide bonds. The molecule has 0 spiro atoms. The maximum atomic E-state index is 13.4. The van der Waals surface area contributed by atoms with Crippen molar-refractivity contribution in [3.8, 4) is 5.75 Å².